The molecule has 0 heterocycles. The maximum atomic E-state index is 11.8. The third-order valence-electron chi connectivity index (χ3n) is 3.81. The number of amides is 2. The Morgan fingerprint density at radius 2 is 1.64 bits per heavy atom. The molecule has 2 rings (SSSR count). The van der Waals surface area contributed by atoms with Crippen LogP contribution in [0.5, 0.6) is 0 Å². The number of carbonyl (C=O) groups excluding carboxylic acids is 2. The fourth-order valence-corrected chi connectivity index (χ4v) is 2.60. The van der Waals surface area contributed by atoms with Crippen LogP contribution >= 0.6 is 0 Å². The molecule has 0 radical (unpaired) electrons. The van der Waals surface area contributed by atoms with Crippen LogP contribution in [0.2, 0.25) is 0 Å². The number of rotatable bonds is 5. The van der Waals surface area contributed by atoms with Crippen molar-refractivity contribution in [3.05, 3.63) is 35.9 Å². The van der Waals surface area contributed by atoms with Crippen molar-refractivity contribution in [1.29, 1.82) is 0 Å². The summed E-state index contributed by atoms with van der Waals surface area (Å²) < 4.78 is 5.20. The first-order valence-electron chi connectivity index (χ1n) is 7.64. The van der Waals surface area contributed by atoms with E-state index in [-0.39, 0.29) is 31.1 Å². The van der Waals surface area contributed by atoms with Crippen LogP contribution < -0.4 is 16.4 Å². The van der Waals surface area contributed by atoms with Crippen molar-refractivity contribution in [3.63, 3.8) is 0 Å². The van der Waals surface area contributed by atoms with Crippen LogP contribution in [0.3, 0.4) is 0 Å². The van der Waals surface area contributed by atoms with E-state index in [1.165, 1.54) is 0 Å². The Hall–Kier alpha value is -2.08. The summed E-state index contributed by atoms with van der Waals surface area (Å²) in [5, 5.41) is 5.76. The van der Waals surface area contributed by atoms with Crippen molar-refractivity contribution in [1.82, 2.24) is 10.6 Å². The van der Waals surface area contributed by atoms with E-state index >= 15 is 0 Å². The van der Waals surface area contributed by atoms with Crippen LogP contribution in [0.25, 0.3) is 0 Å². The van der Waals surface area contributed by atoms with Gasteiger partial charge in [0.25, 0.3) is 0 Å². The summed E-state index contributed by atoms with van der Waals surface area (Å²) in [6, 6.07) is 9.84. The number of nitrogens with two attached hydrogens (primary N) is 1. The van der Waals surface area contributed by atoms with Gasteiger partial charge in [-0.2, -0.15) is 0 Å². The number of hydrogen-bond donors (Lipinski definition) is 3. The van der Waals surface area contributed by atoms with Gasteiger partial charge in [-0.05, 0) is 31.2 Å². The Balaban J connectivity index is 1.65. The zero-order valence-corrected chi connectivity index (χ0v) is 12.6. The number of alkyl carbamates (subject to hydrolysis) is 1. The van der Waals surface area contributed by atoms with Gasteiger partial charge in [0.15, 0.2) is 0 Å². The van der Waals surface area contributed by atoms with Crippen LogP contribution in [0.1, 0.15) is 31.2 Å². The summed E-state index contributed by atoms with van der Waals surface area (Å²) in [7, 11) is 0. The van der Waals surface area contributed by atoms with Crippen molar-refractivity contribution < 1.29 is 14.3 Å². The van der Waals surface area contributed by atoms with Gasteiger partial charge in [0.05, 0.1) is 6.54 Å². The Kier molecular flexibility index (Phi) is 6.21. The highest BCUT2D eigenvalue weighted by atomic mass is 16.5. The molecule has 120 valence electrons. The minimum Gasteiger partial charge on any atom is -0.445 e. The average Bonchev–Trinajstić information content (AvgIpc) is 2.55. The molecule has 6 nitrogen and oxygen atoms in total. The summed E-state index contributed by atoms with van der Waals surface area (Å²) >= 11 is 0. The first-order valence-corrected chi connectivity index (χ1v) is 7.64. The number of carbonyl (C=O) groups is 2. The average molecular weight is 305 g/mol. The molecule has 0 aliphatic heterocycles. The highest BCUT2D eigenvalue weighted by Crippen LogP contribution is 2.18. The predicted molar refractivity (Wildman–Crippen MR) is 83.0 cm³/mol. The monoisotopic (exact) mass is 305 g/mol. The number of ether oxygens (including phenoxy) is 1. The fraction of sp³-hybridized carbons (Fsp3) is 0.500. The zero-order chi connectivity index (χ0) is 15.8. The Morgan fingerprint density at radius 3 is 2.23 bits per heavy atom. The molecule has 1 fully saturated rings. The first kappa shape index (κ1) is 16.3. The molecule has 0 bridgehead atoms. The first-order chi connectivity index (χ1) is 10.7. The molecule has 0 atom stereocenters. The number of hydrogen-bond acceptors (Lipinski definition) is 4. The minimum absolute atomic E-state index is 0.0178. The van der Waals surface area contributed by atoms with Crippen LogP contribution in [0.4, 0.5) is 4.79 Å². The van der Waals surface area contributed by atoms with Gasteiger partial charge in [-0.1, -0.05) is 30.3 Å². The predicted octanol–water partition coefficient (Wildman–Crippen LogP) is 1.30. The van der Waals surface area contributed by atoms with Crippen LogP contribution in [-0.2, 0) is 16.1 Å². The van der Waals surface area contributed by atoms with Gasteiger partial charge < -0.3 is 21.1 Å². The van der Waals surface area contributed by atoms with Gasteiger partial charge in [0.2, 0.25) is 5.91 Å². The lowest BCUT2D eigenvalue weighted by molar-refractivity contribution is -0.120. The fourth-order valence-electron chi connectivity index (χ4n) is 2.60. The second kappa shape index (κ2) is 8.38. The molecule has 0 saturated heterocycles. The van der Waals surface area contributed by atoms with Crippen molar-refractivity contribution in [2.45, 2.75) is 44.4 Å². The van der Waals surface area contributed by atoms with E-state index < -0.39 is 6.09 Å². The smallest absolute Gasteiger partial charge is 0.407 e. The molecule has 22 heavy (non-hydrogen) atoms. The lowest BCUT2D eigenvalue weighted by Crippen LogP contribution is -2.45. The second-order valence-corrected chi connectivity index (χ2v) is 5.53. The normalized spacial score (nSPS) is 21.0. The molecular weight excluding hydrogens is 282 g/mol. The largest absolute Gasteiger partial charge is 0.445 e. The minimum atomic E-state index is -0.390. The van der Waals surface area contributed by atoms with Gasteiger partial charge in [0, 0.05) is 12.1 Å². The summed E-state index contributed by atoms with van der Waals surface area (Å²) in [4.78, 5) is 23.0. The van der Waals surface area contributed by atoms with Crippen molar-refractivity contribution in [2.24, 2.45) is 5.73 Å². The second-order valence-electron chi connectivity index (χ2n) is 5.53. The van der Waals surface area contributed by atoms with Gasteiger partial charge in [-0.25, -0.2) is 4.79 Å². The van der Waals surface area contributed by atoms with E-state index in [0.717, 1.165) is 31.2 Å². The van der Waals surface area contributed by atoms with E-state index in [9.17, 15) is 9.59 Å². The lowest BCUT2D eigenvalue weighted by atomic mass is 9.91. The Bertz CT molecular complexity index is 485. The SMILES string of the molecule is NCC(=O)NC1CCC(NC(=O)OCc2ccccc2)CC1. The van der Waals surface area contributed by atoms with E-state index in [2.05, 4.69) is 10.6 Å². The molecule has 0 aromatic heterocycles. The quantitative estimate of drug-likeness (QED) is 0.764. The van der Waals surface area contributed by atoms with Crippen molar-refractivity contribution in [3.8, 4) is 0 Å². The molecule has 6 heteroatoms. The summed E-state index contributed by atoms with van der Waals surface area (Å²) in [5.74, 6) is -0.126. The Labute approximate surface area is 130 Å². The third kappa shape index (κ3) is 5.37. The van der Waals surface area contributed by atoms with Crippen LogP contribution in [0, 0.1) is 0 Å². The van der Waals surface area contributed by atoms with Crippen molar-refractivity contribution in [2.75, 3.05) is 6.54 Å². The number of benzene rings is 1. The van der Waals surface area contributed by atoms with E-state index in [1.54, 1.807) is 0 Å². The van der Waals surface area contributed by atoms with E-state index in [1.807, 2.05) is 30.3 Å². The zero-order valence-electron chi connectivity index (χ0n) is 12.6. The molecule has 0 spiro atoms. The molecule has 1 aromatic carbocycles. The van der Waals surface area contributed by atoms with E-state index in [0.29, 0.717) is 0 Å². The highest BCUT2D eigenvalue weighted by Gasteiger charge is 2.23. The van der Waals surface area contributed by atoms with Gasteiger partial charge in [-0.3, -0.25) is 4.79 Å². The third-order valence-corrected chi connectivity index (χ3v) is 3.81. The summed E-state index contributed by atoms with van der Waals surface area (Å²) in [6.45, 7) is 0.290. The van der Waals surface area contributed by atoms with Crippen LogP contribution in [-0.4, -0.2) is 30.6 Å². The van der Waals surface area contributed by atoms with Crippen LogP contribution in [0.15, 0.2) is 30.3 Å². The van der Waals surface area contributed by atoms with E-state index in [4.69, 9.17) is 10.5 Å². The highest BCUT2D eigenvalue weighted by molar-refractivity contribution is 5.78. The lowest BCUT2D eigenvalue weighted by Gasteiger charge is -2.29. The van der Waals surface area contributed by atoms with Gasteiger partial charge >= 0.3 is 6.09 Å². The molecule has 1 aromatic rings. The molecule has 0 unspecified atom stereocenters. The topological polar surface area (TPSA) is 93.5 Å². The molecule has 4 N–H and O–H groups in total. The molecule has 2 amide bonds. The number of nitrogens with one attached hydrogen (secondary N) is 2. The molecule has 1 saturated carbocycles. The summed E-state index contributed by atoms with van der Waals surface area (Å²) in [5.41, 5.74) is 6.24. The standard InChI is InChI=1S/C16H23N3O3/c17-10-15(20)18-13-6-8-14(9-7-13)19-16(21)22-11-12-4-2-1-3-5-12/h1-5,13-14H,6-11,17H2,(H,18,20)(H,19,21). The van der Waals surface area contributed by atoms with Crippen molar-refractivity contribution >= 4 is 12.0 Å². The van der Waals surface area contributed by atoms with Gasteiger partial charge in [-0.15, -0.1) is 0 Å². The maximum absolute atomic E-state index is 11.8. The molecular formula is C16H23N3O3. The molecule has 1 aliphatic rings. The van der Waals surface area contributed by atoms with Gasteiger partial charge in [0.1, 0.15) is 6.61 Å². The Morgan fingerprint density at radius 1 is 1.05 bits per heavy atom. The summed E-state index contributed by atoms with van der Waals surface area (Å²) in [6.07, 6.45) is 2.95. The maximum Gasteiger partial charge on any atom is 0.407 e. The molecule has 1 aliphatic carbocycles.